The molecule has 0 spiro atoms. The smallest absolute Gasteiger partial charge is 0.269 e. The third-order valence-corrected chi connectivity index (χ3v) is 2.85. The van der Waals surface area contributed by atoms with Gasteiger partial charge in [0.2, 0.25) is 0 Å². The van der Waals surface area contributed by atoms with Gasteiger partial charge in [0.1, 0.15) is 5.03 Å². The van der Waals surface area contributed by atoms with Gasteiger partial charge in [0.25, 0.3) is 5.91 Å². The Labute approximate surface area is 92.1 Å². The lowest BCUT2D eigenvalue weighted by atomic mass is 10.3. The Morgan fingerprint density at radius 1 is 1.60 bits per heavy atom. The molecule has 0 fully saturated rings. The van der Waals surface area contributed by atoms with E-state index in [-0.39, 0.29) is 17.6 Å². The first-order valence-corrected chi connectivity index (χ1v) is 5.42. The summed E-state index contributed by atoms with van der Waals surface area (Å²) in [6.45, 7) is 2.14. The van der Waals surface area contributed by atoms with E-state index < -0.39 is 5.91 Å². The molecule has 0 radical (unpaired) electrons. The van der Waals surface area contributed by atoms with E-state index in [4.69, 9.17) is 10.8 Å². The fourth-order valence-corrected chi connectivity index (χ4v) is 1.83. The number of rotatable bonds is 5. The fraction of sp³-hybridized carbons (Fsp3) is 0.444. The number of hydrogen-bond donors (Lipinski definition) is 2. The molecule has 0 aliphatic carbocycles. The number of aliphatic hydroxyl groups is 1. The van der Waals surface area contributed by atoms with Crippen molar-refractivity contribution in [2.45, 2.75) is 23.6 Å². The molecule has 1 heterocycles. The lowest BCUT2D eigenvalue weighted by Gasteiger charge is -2.07. The number of aromatic nitrogens is 2. The maximum Gasteiger partial charge on any atom is 0.269 e. The van der Waals surface area contributed by atoms with E-state index in [1.54, 1.807) is 12.1 Å². The second kappa shape index (κ2) is 5.67. The van der Waals surface area contributed by atoms with Crippen LogP contribution in [-0.4, -0.2) is 33.1 Å². The number of hydrogen-bond acceptors (Lipinski definition) is 5. The number of aliphatic hydroxyl groups excluding tert-OH is 1. The summed E-state index contributed by atoms with van der Waals surface area (Å²) in [5.74, 6) is -0.581. The Hall–Kier alpha value is -1.14. The highest BCUT2D eigenvalue weighted by molar-refractivity contribution is 7.99. The van der Waals surface area contributed by atoms with Crippen LogP contribution in [0.25, 0.3) is 0 Å². The zero-order chi connectivity index (χ0) is 11.3. The highest BCUT2D eigenvalue weighted by atomic mass is 32.2. The number of carbonyl (C=O) groups excluding carboxylic acids is 1. The third-order valence-electron chi connectivity index (χ3n) is 1.75. The van der Waals surface area contributed by atoms with E-state index in [0.29, 0.717) is 6.42 Å². The summed E-state index contributed by atoms with van der Waals surface area (Å²) in [5, 5.41) is 17.2. The standard InChI is InChI=1S/C9H13N3O2S/c1-6(4-5-13)15-8-3-2-7(9(10)14)11-12-8/h2-3,6,13H,4-5H2,1H3,(H2,10,14). The Bertz CT molecular complexity index is 329. The summed E-state index contributed by atoms with van der Waals surface area (Å²) in [6, 6.07) is 3.25. The molecule has 1 unspecified atom stereocenters. The first-order valence-electron chi connectivity index (χ1n) is 4.54. The van der Waals surface area contributed by atoms with Gasteiger partial charge in [-0.05, 0) is 18.6 Å². The van der Waals surface area contributed by atoms with Gasteiger partial charge < -0.3 is 10.8 Å². The molecule has 0 aliphatic rings. The Kier molecular flexibility index (Phi) is 4.51. The first-order chi connectivity index (χ1) is 7.13. The van der Waals surface area contributed by atoms with Crippen LogP contribution in [0.5, 0.6) is 0 Å². The predicted molar refractivity (Wildman–Crippen MR) is 57.6 cm³/mol. The quantitative estimate of drug-likeness (QED) is 0.712. The first kappa shape index (κ1) is 11.9. The minimum absolute atomic E-state index is 0.154. The number of nitrogens with zero attached hydrogens (tertiary/aromatic N) is 2. The summed E-state index contributed by atoms with van der Waals surface area (Å²) < 4.78 is 0. The molecule has 5 nitrogen and oxygen atoms in total. The van der Waals surface area contributed by atoms with E-state index in [1.165, 1.54) is 11.8 Å². The fourth-order valence-electron chi connectivity index (χ4n) is 0.961. The molecule has 1 aromatic heterocycles. The number of primary amides is 1. The third kappa shape index (κ3) is 3.85. The van der Waals surface area contributed by atoms with Gasteiger partial charge in [-0.25, -0.2) is 0 Å². The van der Waals surface area contributed by atoms with Crippen LogP contribution in [0.15, 0.2) is 17.2 Å². The molecule has 0 aromatic carbocycles. The van der Waals surface area contributed by atoms with Crippen LogP contribution >= 0.6 is 11.8 Å². The second-order valence-electron chi connectivity index (χ2n) is 3.06. The average molecular weight is 227 g/mol. The maximum absolute atomic E-state index is 10.7. The zero-order valence-electron chi connectivity index (χ0n) is 8.38. The Morgan fingerprint density at radius 3 is 2.80 bits per heavy atom. The number of carbonyl (C=O) groups is 1. The van der Waals surface area contributed by atoms with Crippen molar-refractivity contribution in [3.05, 3.63) is 17.8 Å². The van der Waals surface area contributed by atoms with Crippen molar-refractivity contribution in [2.75, 3.05) is 6.61 Å². The van der Waals surface area contributed by atoms with Gasteiger partial charge in [-0.2, -0.15) is 0 Å². The highest BCUT2D eigenvalue weighted by Gasteiger charge is 2.07. The van der Waals surface area contributed by atoms with Gasteiger partial charge in [-0.3, -0.25) is 4.79 Å². The minimum atomic E-state index is -0.581. The van der Waals surface area contributed by atoms with E-state index in [0.717, 1.165) is 5.03 Å². The van der Waals surface area contributed by atoms with E-state index >= 15 is 0 Å². The van der Waals surface area contributed by atoms with Crippen molar-refractivity contribution in [1.82, 2.24) is 10.2 Å². The highest BCUT2D eigenvalue weighted by Crippen LogP contribution is 2.22. The molecule has 15 heavy (non-hydrogen) atoms. The van der Waals surface area contributed by atoms with Crippen LogP contribution in [0.1, 0.15) is 23.8 Å². The van der Waals surface area contributed by atoms with Crippen LogP contribution < -0.4 is 5.73 Å². The van der Waals surface area contributed by atoms with Crippen LogP contribution in [-0.2, 0) is 0 Å². The van der Waals surface area contributed by atoms with Crippen molar-refractivity contribution in [3.8, 4) is 0 Å². The molecule has 82 valence electrons. The lowest BCUT2D eigenvalue weighted by molar-refractivity contribution is 0.0994. The molecule has 1 atom stereocenters. The Morgan fingerprint density at radius 2 is 2.33 bits per heavy atom. The number of amides is 1. The summed E-state index contributed by atoms with van der Waals surface area (Å²) in [5.41, 5.74) is 5.19. The molecule has 1 amide bonds. The van der Waals surface area contributed by atoms with Crippen LogP contribution in [0.3, 0.4) is 0 Å². The molecular formula is C9H13N3O2S. The van der Waals surface area contributed by atoms with Gasteiger partial charge in [-0.15, -0.1) is 22.0 Å². The molecule has 1 rings (SSSR count). The largest absolute Gasteiger partial charge is 0.396 e. The Balaban J connectivity index is 2.60. The van der Waals surface area contributed by atoms with E-state index in [9.17, 15) is 4.79 Å². The normalized spacial score (nSPS) is 12.4. The summed E-state index contributed by atoms with van der Waals surface area (Å²) in [4.78, 5) is 10.7. The molecule has 6 heteroatoms. The van der Waals surface area contributed by atoms with Gasteiger partial charge in [0.15, 0.2) is 5.69 Å². The predicted octanol–water partition coefficient (Wildman–Crippen LogP) is 0.439. The molecule has 3 N–H and O–H groups in total. The van der Waals surface area contributed by atoms with Crippen molar-refractivity contribution in [2.24, 2.45) is 5.73 Å². The SMILES string of the molecule is CC(CCO)Sc1ccc(C(N)=O)nn1. The monoisotopic (exact) mass is 227 g/mol. The molecular weight excluding hydrogens is 214 g/mol. The summed E-state index contributed by atoms with van der Waals surface area (Å²) >= 11 is 1.50. The van der Waals surface area contributed by atoms with Crippen molar-refractivity contribution >= 4 is 17.7 Å². The van der Waals surface area contributed by atoms with Crippen molar-refractivity contribution in [1.29, 1.82) is 0 Å². The van der Waals surface area contributed by atoms with E-state index in [2.05, 4.69) is 10.2 Å². The van der Waals surface area contributed by atoms with Gasteiger partial charge in [0.05, 0.1) is 0 Å². The van der Waals surface area contributed by atoms with E-state index in [1.807, 2.05) is 6.92 Å². The molecule has 0 bridgehead atoms. The molecule has 1 aromatic rings. The van der Waals surface area contributed by atoms with Gasteiger partial charge in [0, 0.05) is 11.9 Å². The second-order valence-corrected chi connectivity index (χ2v) is 4.52. The number of thioether (sulfide) groups is 1. The van der Waals surface area contributed by atoms with Crippen LogP contribution in [0, 0.1) is 0 Å². The van der Waals surface area contributed by atoms with Crippen LogP contribution in [0.4, 0.5) is 0 Å². The zero-order valence-corrected chi connectivity index (χ0v) is 9.20. The minimum Gasteiger partial charge on any atom is -0.396 e. The molecule has 0 saturated carbocycles. The molecule has 0 aliphatic heterocycles. The van der Waals surface area contributed by atoms with Crippen LogP contribution in [0.2, 0.25) is 0 Å². The average Bonchev–Trinajstić information content (AvgIpc) is 2.18. The molecule has 0 saturated heterocycles. The summed E-state index contributed by atoms with van der Waals surface area (Å²) in [6.07, 6.45) is 0.698. The maximum atomic E-state index is 10.7. The number of nitrogens with two attached hydrogens (primary N) is 1. The van der Waals surface area contributed by atoms with Crippen molar-refractivity contribution < 1.29 is 9.90 Å². The summed E-state index contributed by atoms with van der Waals surface area (Å²) in [7, 11) is 0. The topological polar surface area (TPSA) is 89.1 Å². The lowest BCUT2D eigenvalue weighted by Crippen LogP contribution is -2.13. The van der Waals surface area contributed by atoms with Crippen molar-refractivity contribution in [3.63, 3.8) is 0 Å². The van der Waals surface area contributed by atoms with Gasteiger partial charge in [-0.1, -0.05) is 6.92 Å². The van der Waals surface area contributed by atoms with Gasteiger partial charge >= 0.3 is 0 Å².